The van der Waals surface area contributed by atoms with Gasteiger partial charge in [-0.05, 0) is 18.6 Å². The lowest BCUT2D eigenvalue weighted by molar-refractivity contribution is -0.384. The summed E-state index contributed by atoms with van der Waals surface area (Å²) in [6.07, 6.45) is 3.27. The number of benzene rings is 1. The van der Waals surface area contributed by atoms with E-state index in [1.165, 1.54) is 18.3 Å². The molecule has 0 saturated heterocycles. The van der Waals surface area contributed by atoms with Crippen LogP contribution >= 0.6 is 0 Å². The number of carbonyl (C=O) groups excluding carboxylic acids is 1. The number of aromatic nitrogens is 2. The van der Waals surface area contributed by atoms with E-state index in [-0.39, 0.29) is 11.4 Å². The maximum atomic E-state index is 12.0. The number of carbonyl (C=O) groups is 1. The van der Waals surface area contributed by atoms with Crippen LogP contribution in [0.4, 0.5) is 5.69 Å². The van der Waals surface area contributed by atoms with Gasteiger partial charge in [0.15, 0.2) is 0 Å². The third kappa shape index (κ3) is 2.85. The zero-order valence-corrected chi connectivity index (χ0v) is 12.5. The lowest BCUT2D eigenvalue weighted by Crippen LogP contribution is -2.08. The Labute approximate surface area is 131 Å². The first kappa shape index (κ1) is 15.0. The van der Waals surface area contributed by atoms with Gasteiger partial charge in [-0.2, -0.15) is 0 Å². The van der Waals surface area contributed by atoms with E-state index in [4.69, 9.17) is 4.74 Å². The van der Waals surface area contributed by atoms with Gasteiger partial charge >= 0.3 is 5.97 Å². The van der Waals surface area contributed by atoms with Crippen LogP contribution in [0.1, 0.15) is 30.3 Å². The number of hydrogen-bond acceptors (Lipinski definition) is 5. The zero-order chi connectivity index (χ0) is 16.4. The molecule has 0 bridgehead atoms. The summed E-state index contributed by atoms with van der Waals surface area (Å²) in [6, 6.07) is 6.17. The minimum atomic E-state index is -0.486. The van der Waals surface area contributed by atoms with Gasteiger partial charge in [0.1, 0.15) is 5.69 Å². The van der Waals surface area contributed by atoms with Crippen LogP contribution in [0, 0.1) is 10.1 Å². The quantitative estimate of drug-likeness (QED) is 0.336. The Balaban J connectivity index is 2.03. The second kappa shape index (κ2) is 6.04. The van der Waals surface area contributed by atoms with E-state index in [9.17, 15) is 14.9 Å². The fourth-order valence-corrected chi connectivity index (χ4v) is 2.40. The molecule has 0 aliphatic heterocycles. The Morgan fingerprint density at radius 2 is 2.09 bits per heavy atom. The monoisotopic (exact) mass is 313 g/mol. The van der Waals surface area contributed by atoms with Crippen molar-refractivity contribution in [2.75, 3.05) is 6.61 Å². The Hall–Kier alpha value is -2.96. The summed E-state index contributed by atoms with van der Waals surface area (Å²) in [5, 5.41) is 12.3. The molecule has 1 aromatic carbocycles. The van der Waals surface area contributed by atoms with Crippen LogP contribution in [0.2, 0.25) is 0 Å². The number of unbranched alkanes of at least 4 members (excludes halogenated alkanes) is 1. The van der Waals surface area contributed by atoms with Crippen LogP contribution in [0.15, 0.2) is 30.5 Å². The number of nitro groups is 1. The molecule has 0 radical (unpaired) electrons. The maximum Gasteiger partial charge on any atom is 0.356 e. The van der Waals surface area contributed by atoms with Crippen LogP contribution in [-0.2, 0) is 4.74 Å². The Kier molecular flexibility index (Phi) is 3.92. The number of fused-ring (bicyclic) bond motifs is 3. The first-order valence-electron chi connectivity index (χ1n) is 7.33. The molecular weight excluding hydrogens is 298 g/mol. The number of H-pyrrole nitrogens is 1. The molecule has 0 saturated carbocycles. The predicted molar refractivity (Wildman–Crippen MR) is 85.4 cm³/mol. The number of hydrogen-bond donors (Lipinski definition) is 1. The number of aromatic amines is 1. The van der Waals surface area contributed by atoms with Crippen LogP contribution < -0.4 is 0 Å². The van der Waals surface area contributed by atoms with Crippen molar-refractivity contribution < 1.29 is 14.5 Å². The van der Waals surface area contributed by atoms with Gasteiger partial charge in [0.25, 0.3) is 5.69 Å². The molecule has 7 heteroatoms. The van der Waals surface area contributed by atoms with Gasteiger partial charge in [-0.1, -0.05) is 13.3 Å². The number of rotatable bonds is 5. The van der Waals surface area contributed by atoms with Crippen LogP contribution in [0.3, 0.4) is 0 Å². The highest BCUT2D eigenvalue weighted by Gasteiger charge is 2.14. The van der Waals surface area contributed by atoms with Crippen LogP contribution in [0.5, 0.6) is 0 Å². The van der Waals surface area contributed by atoms with Crippen molar-refractivity contribution in [2.45, 2.75) is 19.8 Å². The van der Waals surface area contributed by atoms with Gasteiger partial charge in [0.05, 0.1) is 23.2 Å². The van der Waals surface area contributed by atoms with Gasteiger partial charge < -0.3 is 9.72 Å². The standard InChI is InChI=1S/C16H15N3O4/c1-2-3-6-23-16(20)14-8-12-11-7-10(19(21)22)4-5-13(11)18-15(12)9-17-14/h4-5,7-9,18H,2-3,6H2,1H3. The molecule has 0 fully saturated rings. The Morgan fingerprint density at radius 3 is 2.83 bits per heavy atom. The number of nitro benzene ring substituents is 1. The van der Waals surface area contributed by atoms with Crippen molar-refractivity contribution in [3.05, 3.63) is 46.3 Å². The second-order valence-electron chi connectivity index (χ2n) is 5.22. The molecule has 0 aliphatic rings. The second-order valence-corrected chi connectivity index (χ2v) is 5.22. The van der Waals surface area contributed by atoms with E-state index < -0.39 is 10.9 Å². The summed E-state index contributed by atoms with van der Waals surface area (Å²) in [4.78, 5) is 29.7. The molecule has 0 aliphatic carbocycles. The zero-order valence-electron chi connectivity index (χ0n) is 12.5. The largest absolute Gasteiger partial charge is 0.461 e. The van der Waals surface area contributed by atoms with Crippen molar-refractivity contribution in [3.63, 3.8) is 0 Å². The highest BCUT2D eigenvalue weighted by Crippen LogP contribution is 2.28. The highest BCUT2D eigenvalue weighted by atomic mass is 16.6. The van der Waals surface area contributed by atoms with E-state index in [0.29, 0.717) is 22.9 Å². The first-order chi connectivity index (χ1) is 11.1. The number of nitrogens with zero attached hydrogens (tertiary/aromatic N) is 2. The molecule has 2 heterocycles. The van der Waals surface area contributed by atoms with Gasteiger partial charge in [-0.3, -0.25) is 10.1 Å². The summed E-state index contributed by atoms with van der Waals surface area (Å²) < 4.78 is 5.15. The fourth-order valence-electron chi connectivity index (χ4n) is 2.40. The van der Waals surface area contributed by atoms with E-state index in [2.05, 4.69) is 9.97 Å². The van der Waals surface area contributed by atoms with Crippen molar-refractivity contribution >= 4 is 33.5 Å². The molecule has 7 nitrogen and oxygen atoms in total. The van der Waals surface area contributed by atoms with Crippen LogP contribution in [0.25, 0.3) is 21.8 Å². The number of esters is 1. The summed E-state index contributed by atoms with van der Waals surface area (Å²) >= 11 is 0. The molecule has 23 heavy (non-hydrogen) atoms. The average molecular weight is 313 g/mol. The van der Waals surface area contributed by atoms with Crippen molar-refractivity contribution in [1.29, 1.82) is 0 Å². The normalized spacial score (nSPS) is 11.0. The van der Waals surface area contributed by atoms with E-state index in [1.54, 1.807) is 12.1 Å². The van der Waals surface area contributed by atoms with Crippen molar-refractivity contribution in [1.82, 2.24) is 9.97 Å². The number of pyridine rings is 1. The lowest BCUT2D eigenvalue weighted by atomic mass is 10.1. The van der Waals surface area contributed by atoms with Gasteiger partial charge in [0, 0.05) is 28.4 Å². The Bertz CT molecular complexity index is 901. The minimum absolute atomic E-state index is 0.00212. The molecule has 118 valence electrons. The summed E-state index contributed by atoms with van der Waals surface area (Å²) in [5.74, 6) is -0.486. The molecule has 3 aromatic rings. The first-order valence-corrected chi connectivity index (χ1v) is 7.33. The van der Waals surface area contributed by atoms with Crippen molar-refractivity contribution in [2.24, 2.45) is 0 Å². The van der Waals surface area contributed by atoms with Crippen molar-refractivity contribution in [3.8, 4) is 0 Å². The number of ether oxygens (including phenoxy) is 1. The molecule has 0 unspecified atom stereocenters. The third-order valence-corrected chi connectivity index (χ3v) is 3.62. The number of nitrogens with one attached hydrogen (secondary N) is 1. The van der Waals surface area contributed by atoms with E-state index in [0.717, 1.165) is 18.4 Å². The third-order valence-electron chi connectivity index (χ3n) is 3.62. The van der Waals surface area contributed by atoms with Gasteiger partial charge in [-0.15, -0.1) is 0 Å². The van der Waals surface area contributed by atoms with Gasteiger partial charge in [-0.25, -0.2) is 9.78 Å². The predicted octanol–water partition coefficient (Wildman–Crippen LogP) is 3.58. The highest BCUT2D eigenvalue weighted by molar-refractivity contribution is 6.09. The molecule has 3 rings (SSSR count). The Morgan fingerprint density at radius 1 is 1.30 bits per heavy atom. The average Bonchev–Trinajstić information content (AvgIpc) is 2.91. The van der Waals surface area contributed by atoms with E-state index >= 15 is 0 Å². The molecule has 0 atom stereocenters. The number of non-ortho nitro benzene ring substituents is 1. The lowest BCUT2D eigenvalue weighted by Gasteiger charge is -2.03. The SMILES string of the molecule is CCCCOC(=O)c1cc2c(cn1)[nH]c1ccc([N+](=O)[O-])cc12. The van der Waals surface area contributed by atoms with Gasteiger partial charge in [0.2, 0.25) is 0 Å². The fraction of sp³-hybridized carbons (Fsp3) is 0.250. The van der Waals surface area contributed by atoms with Crippen LogP contribution in [-0.4, -0.2) is 27.5 Å². The molecule has 1 N–H and O–H groups in total. The maximum absolute atomic E-state index is 12.0. The summed E-state index contributed by atoms with van der Waals surface area (Å²) in [6.45, 7) is 2.37. The topological polar surface area (TPSA) is 98.1 Å². The summed E-state index contributed by atoms with van der Waals surface area (Å²) in [5.41, 5.74) is 1.66. The molecular formula is C16H15N3O4. The summed E-state index contributed by atoms with van der Waals surface area (Å²) in [7, 11) is 0. The van der Waals surface area contributed by atoms with E-state index in [1.807, 2.05) is 6.92 Å². The molecule has 2 aromatic heterocycles. The molecule has 0 spiro atoms. The smallest absolute Gasteiger partial charge is 0.356 e. The minimum Gasteiger partial charge on any atom is -0.461 e. The molecule has 0 amide bonds.